The number of halogens is 1. The Morgan fingerprint density at radius 1 is 1.50 bits per heavy atom. The van der Waals surface area contributed by atoms with Gasteiger partial charge in [0.25, 0.3) is 5.91 Å². The van der Waals surface area contributed by atoms with E-state index in [1.165, 1.54) is 0 Å². The van der Waals surface area contributed by atoms with Crippen LogP contribution in [0.1, 0.15) is 0 Å². The highest BCUT2D eigenvalue weighted by Gasteiger charge is 2.26. The lowest BCUT2D eigenvalue weighted by Gasteiger charge is -2.28. The zero-order valence-electron chi connectivity index (χ0n) is 9.49. The highest BCUT2D eigenvalue weighted by Crippen LogP contribution is 2.06. The molecule has 0 aromatic heterocycles. The number of carbonyl (C=O) groups excluding carboxylic acids is 1. The molecule has 5 nitrogen and oxygen atoms in total. The van der Waals surface area contributed by atoms with Gasteiger partial charge in [-0.1, -0.05) is 15.9 Å². The molecule has 1 aliphatic rings. The SMILES string of the molecule is COCCN(CCBr)C(=O)C1COCCO1. The van der Waals surface area contributed by atoms with Crippen molar-refractivity contribution in [3.05, 3.63) is 0 Å². The number of alkyl halides is 1. The second-order valence-corrected chi connectivity index (χ2v) is 4.23. The van der Waals surface area contributed by atoms with E-state index in [0.29, 0.717) is 39.5 Å². The Morgan fingerprint density at radius 2 is 2.31 bits per heavy atom. The zero-order chi connectivity index (χ0) is 11.8. The Labute approximate surface area is 104 Å². The highest BCUT2D eigenvalue weighted by molar-refractivity contribution is 9.09. The predicted octanol–water partition coefficient (Wildman–Crippen LogP) is 0.272. The third-order valence-corrected chi connectivity index (χ3v) is 2.68. The lowest BCUT2D eigenvalue weighted by Crippen LogP contribution is -2.47. The minimum atomic E-state index is -0.454. The second-order valence-electron chi connectivity index (χ2n) is 3.44. The molecule has 94 valence electrons. The number of hydrogen-bond acceptors (Lipinski definition) is 4. The van der Waals surface area contributed by atoms with Crippen LogP contribution >= 0.6 is 15.9 Å². The van der Waals surface area contributed by atoms with Crippen molar-refractivity contribution in [1.29, 1.82) is 0 Å². The molecule has 1 rings (SSSR count). The molecule has 1 atom stereocenters. The van der Waals surface area contributed by atoms with Crippen molar-refractivity contribution < 1.29 is 19.0 Å². The first kappa shape index (κ1) is 13.9. The van der Waals surface area contributed by atoms with Gasteiger partial charge < -0.3 is 19.1 Å². The number of rotatable bonds is 6. The lowest BCUT2D eigenvalue weighted by molar-refractivity contribution is -0.158. The molecule has 1 amide bonds. The summed E-state index contributed by atoms with van der Waals surface area (Å²) in [5.74, 6) is -0.0174. The maximum absolute atomic E-state index is 12.0. The van der Waals surface area contributed by atoms with Gasteiger partial charge >= 0.3 is 0 Å². The summed E-state index contributed by atoms with van der Waals surface area (Å²) in [5, 5.41) is 0.746. The van der Waals surface area contributed by atoms with Crippen LogP contribution in [0.25, 0.3) is 0 Å². The van der Waals surface area contributed by atoms with Gasteiger partial charge in [0.2, 0.25) is 0 Å². The molecular weight excluding hydrogens is 278 g/mol. The molecule has 0 aliphatic carbocycles. The van der Waals surface area contributed by atoms with Gasteiger partial charge in [-0.05, 0) is 0 Å². The summed E-state index contributed by atoms with van der Waals surface area (Å²) in [5.41, 5.74) is 0. The lowest BCUT2D eigenvalue weighted by atomic mass is 10.3. The molecular formula is C10H18BrNO4. The minimum absolute atomic E-state index is 0.0174. The predicted molar refractivity (Wildman–Crippen MR) is 62.8 cm³/mol. The van der Waals surface area contributed by atoms with Crippen molar-refractivity contribution in [3.8, 4) is 0 Å². The summed E-state index contributed by atoms with van der Waals surface area (Å²) in [6.07, 6.45) is -0.454. The zero-order valence-corrected chi connectivity index (χ0v) is 11.1. The van der Waals surface area contributed by atoms with E-state index < -0.39 is 6.10 Å². The van der Waals surface area contributed by atoms with Crippen LogP contribution in [0.2, 0.25) is 0 Å². The van der Waals surface area contributed by atoms with Crippen LogP contribution in [-0.2, 0) is 19.0 Å². The van der Waals surface area contributed by atoms with E-state index in [-0.39, 0.29) is 5.91 Å². The van der Waals surface area contributed by atoms with Crippen molar-refractivity contribution in [3.63, 3.8) is 0 Å². The van der Waals surface area contributed by atoms with Crippen LogP contribution in [0.3, 0.4) is 0 Å². The van der Waals surface area contributed by atoms with Gasteiger partial charge in [0, 0.05) is 25.5 Å². The van der Waals surface area contributed by atoms with Crippen molar-refractivity contribution in [2.45, 2.75) is 6.10 Å². The molecule has 0 radical (unpaired) electrons. The van der Waals surface area contributed by atoms with Crippen LogP contribution in [0.4, 0.5) is 0 Å². The van der Waals surface area contributed by atoms with Crippen molar-refractivity contribution in [1.82, 2.24) is 4.90 Å². The number of carbonyl (C=O) groups is 1. The summed E-state index contributed by atoms with van der Waals surface area (Å²) in [4.78, 5) is 13.8. The topological polar surface area (TPSA) is 48.0 Å². The van der Waals surface area contributed by atoms with Crippen LogP contribution in [-0.4, -0.2) is 68.9 Å². The monoisotopic (exact) mass is 295 g/mol. The summed E-state index contributed by atoms with van der Waals surface area (Å²) in [6.45, 7) is 3.18. The van der Waals surface area contributed by atoms with Crippen molar-refractivity contribution in [2.75, 3.05) is 52.0 Å². The molecule has 0 saturated carbocycles. The molecule has 0 spiro atoms. The normalized spacial score (nSPS) is 20.8. The van der Waals surface area contributed by atoms with Gasteiger partial charge in [-0.2, -0.15) is 0 Å². The molecule has 1 aliphatic heterocycles. The fraction of sp³-hybridized carbons (Fsp3) is 0.900. The second kappa shape index (κ2) is 8.00. The largest absolute Gasteiger partial charge is 0.383 e. The average Bonchev–Trinajstić information content (AvgIpc) is 2.35. The smallest absolute Gasteiger partial charge is 0.254 e. The van der Waals surface area contributed by atoms with Gasteiger partial charge in [0.1, 0.15) is 0 Å². The molecule has 16 heavy (non-hydrogen) atoms. The molecule has 0 bridgehead atoms. The van der Waals surface area contributed by atoms with Crippen LogP contribution < -0.4 is 0 Å². The summed E-state index contributed by atoms with van der Waals surface area (Å²) in [7, 11) is 1.62. The van der Waals surface area contributed by atoms with E-state index in [9.17, 15) is 4.79 Å². The molecule has 1 saturated heterocycles. The van der Waals surface area contributed by atoms with Crippen molar-refractivity contribution in [2.24, 2.45) is 0 Å². The molecule has 1 unspecified atom stereocenters. The Morgan fingerprint density at radius 3 is 2.88 bits per heavy atom. The van der Waals surface area contributed by atoms with E-state index >= 15 is 0 Å². The number of hydrogen-bond donors (Lipinski definition) is 0. The molecule has 1 heterocycles. The van der Waals surface area contributed by atoms with E-state index in [1.807, 2.05) is 0 Å². The Bertz CT molecular complexity index is 209. The van der Waals surface area contributed by atoms with Crippen LogP contribution in [0.15, 0.2) is 0 Å². The molecule has 0 N–H and O–H groups in total. The molecule has 6 heteroatoms. The molecule has 1 fully saturated rings. The summed E-state index contributed by atoms with van der Waals surface area (Å²) in [6, 6.07) is 0. The third kappa shape index (κ3) is 4.37. The Hall–Kier alpha value is -0.170. The quantitative estimate of drug-likeness (QED) is 0.660. The maximum Gasteiger partial charge on any atom is 0.254 e. The van der Waals surface area contributed by atoms with Crippen LogP contribution in [0, 0.1) is 0 Å². The summed E-state index contributed by atoms with van der Waals surface area (Å²) >= 11 is 3.33. The maximum atomic E-state index is 12.0. The van der Waals surface area contributed by atoms with Gasteiger partial charge in [0.05, 0.1) is 26.4 Å². The van der Waals surface area contributed by atoms with E-state index in [1.54, 1.807) is 12.0 Å². The van der Waals surface area contributed by atoms with Gasteiger partial charge in [-0.15, -0.1) is 0 Å². The number of nitrogens with zero attached hydrogens (tertiary/aromatic N) is 1. The Kier molecular flexibility index (Phi) is 6.95. The fourth-order valence-corrected chi connectivity index (χ4v) is 1.90. The number of ether oxygens (including phenoxy) is 3. The molecule has 0 aromatic carbocycles. The first-order valence-electron chi connectivity index (χ1n) is 5.32. The van der Waals surface area contributed by atoms with Gasteiger partial charge in [-0.3, -0.25) is 4.79 Å². The Balaban J connectivity index is 2.44. The fourth-order valence-electron chi connectivity index (χ4n) is 1.47. The van der Waals surface area contributed by atoms with E-state index in [4.69, 9.17) is 14.2 Å². The highest BCUT2D eigenvalue weighted by atomic mass is 79.9. The van der Waals surface area contributed by atoms with Crippen molar-refractivity contribution >= 4 is 21.8 Å². The number of methoxy groups -OCH3 is 1. The minimum Gasteiger partial charge on any atom is -0.383 e. The standard InChI is InChI=1S/C10H18BrNO4/c1-14-5-4-12(3-2-11)10(13)9-8-15-6-7-16-9/h9H,2-8H2,1H3. The summed E-state index contributed by atoms with van der Waals surface area (Å²) < 4.78 is 15.6. The first-order chi connectivity index (χ1) is 7.79. The van der Waals surface area contributed by atoms with E-state index in [0.717, 1.165) is 5.33 Å². The molecule has 0 aromatic rings. The van der Waals surface area contributed by atoms with Crippen LogP contribution in [0.5, 0.6) is 0 Å². The van der Waals surface area contributed by atoms with Gasteiger partial charge in [0.15, 0.2) is 6.10 Å². The number of amides is 1. The average molecular weight is 296 g/mol. The van der Waals surface area contributed by atoms with Gasteiger partial charge in [-0.25, -0.2) is 0 Å². The van der Waals surface area contributed by atoms with E-state index in [2.05, 4.69) is 15.9 Å². The first-order valence-corrected chi connectivity index (χ1v) is 6.44. The third-order valence-electron chi connectivity index (χ3n) is 2.32.